The Balaban J connectivity index is 1.63. The number of nitrogens with zero attached hydrogens (tertiary/aromatic N) is 2. The number of likely N-dealkylation sites (N-methyl/N-ethyl adjacent to an activating group) is 1. The van der Waals surface area contributed by atoms with E-state index >= 15 is 0 Å². The Morgan fingerprint density at radius 1 is 1.08 bits per heavy atom. The number of aliphatic hydroxyl groups excluding tert-OH is 1. The number of para-hydroxylation sites is 1. The predicted octanol–water partition coefficient (Wildman–Crippen LogP) is 4.70. The standard InChI is InChI=1S/C30H32ClN3O4/c1-19(2)16-24(26(35)18-38-22-12-8-5-9-13-22)29(36)33-28-30(37)34(3)25-15-14-21(31)17-23(25)27(32-28)20-10-6-4-7-11-20/h4-15,17,19,24,26,28,35H,16,18H2,1-3H3,(H,33,36)/t24-,26+,28?/m1/s1. The van der Waals surface area contributed by atoms with E-state index in [2.05, 4.69) is 5.32 Å². The molecule has 1 aliphatic rings. The van der Waals surface area contributed by atoms with E-state index in [0.29, 0.717) is 34.2 Å². The molecular formula is C30H32ClN3O4. The summed E-state index contributed by atoms with van der Waals surface area (Å²) in [6, 6.07) is 23.8. The zero-order chi connectivity index (χ0) is 27.2. The Morgan fingerprint density at radius 3 is 2.39 bits per heavy atom. The third-order valence-corrected chi connectivity index (χ3v) is 6.65. The number of nitrogens with one attached hydrogen (secondary N) is 1. The minimum absolute atomic E-state index is 0.0597. The molecule has 4 rings (SSSR count). The molecule has 38 heavy (non-hydrogen) atoms. The van der Waals surface area contributed by atoms with Crippen molar-refractivity contribution in [3.05, 3.63) is 95.0 Å². The van der Waals surface area contributed by atoms with E-state index < -0.39 is 30.0 Å². The van der Waals surface area contributed by atoms with Crippen molar-refractivity contribution in [1.29, 1.82) is 0 Å². The highest BCUT2D eigenvalue weighted by Gasteiger charge is 2.35. The van der Waals surface area contributed by atoms with Crippen LogP contribution in [0, 0.1) is 11.8 Å². The quantitative estimate of drug-likeness (QED) is 0.417. The number of anilines is 1. The van der Waals surface area contributed by atoms with Crippen molar-refractivity contribution in [3.8, 4) is 5.75 Å². The van der Waals surface area contributed by atoms with E-state index in [4.69, 9.17) is 21.3 Å². The number of amides is 2. The summed E-state index contributed by atoms with van der Waals surface area (Å²) in [6.45, 7) is 3.89. The number of hydrogen-bond donors (Lipinski definition) is 2. The van der Waals surface area contributed by atoms with E-state index in [9.17, 15) is 14.7 Å². The van der Waals surface area contributed by atoms with E-state index in [0.717, 1.165) is 5.56 Å². The molecule has 3 aromatic rings. The van der Waals surface area contributed by atoms with Crippen molar-refractivity contribution in [2.24, 2.45) is 16.8 Å². The molecule has 3 aromatic carbocycles. The van der Waals surface area contributed by atoms with E-state index in [-0.39, 0.29) is 12.5 Å². The van der Waals surface area contributed by atoms with Gasteiger partial charge in [0, 0.05) is 23.2 Å². The molecule has 0 saturated heterocycles. The van der Waals surface area contributed by atoms with Gasteiger partial charge in [-0.3, -0.25) is 9.59 Å². The summed E-state index contributed by atoms with van der Waals surface area (Å²) in [5, 5.41) is 14.3. The number of carbonyl (C=O) groups is 2. The maximum atomic E-state index is 13.5. The molecule has 0 fully saturated rings. The lowest BCUT2D eigenvalue weighted by molar-refractivity contribution is -0.133. The minimum atomic E-state index is -1.19. The first-order valence-corrected chi connectivity index (χ1v) is 13.0. The largest absolute Gasteiger partial charge is 0.491 e. The van der Waals surface area contributed by atoms with E-state index in [1.165, 1.54) is 4.90 Å². The smallest absolute Gasteiger partial charge is 0.272 e. The number of halogens is 1. The number of aliphatic hydroxyl groups is 1. The fourth-order valence-corrected chi connectivity index (χ4v) is 4.64. The Kier molecular flexibility index (Phi) is 8.81. The number of carbonyl (C=O) groups excluding carboxylic acids is 2. The van der Waals surface area contributed by atoms with Crippen LogP contribution in [-0.4, -0.2) is 48.6 Å². The number of rotatable bonds is 9. The summed E-state index contributed by atoms with van der Waals surface area (Å²) in [4.78, 5) is 33.3. The Bertz CT molecular complexity index is 1300. The van der Waals surface area contributed by atoms with Crippen LogP contribution in [0.5, 0.6) is 5.75 Å². The van der Waals surface area contributed by atoms with Gasteiger partial charge in [0.15, 0.2) is 0 Å². The van der Waals surface area contributed by atoms with Crippen LogP contribution in [0.3, 0.4) is 0 Å². The van der Waals surface area contributed by atoms with Gasteiger partial charge in [-0.25, -0.2) is 4.99 Å². The van der Waals surface area contributed by atoms with Crippen LogP contribution in [0.2, 0.25) is 5.02 Å². The molecule has 3 atom stereocenters. The number of ether oxygens (including phenoxy) is 1. The molecule has 1 aliphatic heterocycles. The van der Waals surface area contributed by atoms with Gasteiger partial charge in [-0.15, -0.1) is 0 Å². The number of aliphatic imine (C=N–C) groups is 1. The molecule has 1 unspecified atom stereocenters. The third-order valence-electron chi connectivity index (χ3n) is 6.41. The molecule has 1 heterocycles. The first-order valence-electron chi connectivity index (χ1n) is 12.6. The third kappa shape index (κ3) is 6.41. The topological polar surface area (TPSA) is 91.2 Å². The van der Waals surface area contributed by atoms with E-state index in [1.807, 2.05) is 62.4 Å². The fraction of sp³-hybridized carbons (Fsp3) is 0.300. The van der Waals surface area contributed by atoms with Crippen molar-refractivity contribution >= 4 is 34.8 Å². The summed E-state index contributed by atoms with van der Waals surface area (Å²) in [6.07, 6.45) is -1.86. The summed E-state index contributed by atoms with van der Waals surface area (Å²) in [5.74, 6) is -0.933. The molecule has 0 saturated carbocycles. The van der Waals surface area contributed by atoms with Crippen LogP contribution in [0.15, 0.2) is 83.9 Å². The Hall–Kier alpha value is -3.68. The molecule has 198 valence electrons. The predicted molar refractivity (Wildman–Crippen MR) is 150 cm³/mol. The first-order chi connectivity index (χ1) is 18.2. The second kappa shape index (κ2) is 12.2. The molecular weight excluding hydrogens is 502 g/mol. The molecule has 0 aliphatic carbocycles. The van der Waals surface area contributed by atoms with Crippen molar-refractivity contribution in [2.45, 2.75) is 32.5 Å². The van der Waals surface area contributed by atoms with Crippen molar-refractivity contribution in [3.63, 3.8) is 0 Å². The molecule has 0 radical (unpaired) electrons. The SMILES string of the molecule is CC(C)C[C@@H](C(=O)NC1N=C(c2ccccc2)c2cc(Cl)ccc2N(C)C1=O)[C@@H](O)COc1ccccc1. The van der Waals surface area contributed by atoms with Gasteiger partial charge in [0.1, 0.15) is 12.4 Å². The molecule has 8 heteroatoms. The van der Waals surface area contributed by atoms with Crippen LogP contribution in [0.4, 0.5) is 5.69 Å². The molecule has 2 N–H and O–H groups in total. The van der Waals surface area contributed by atoms with Crippen LogP contribution < -0.4 is 15.0 Å². The summed E-state index contributed by atoms with van der Waals surface area (Å²) < 4.78 is 5.71. The Labute approximate surface area is 228 Å². The normalized spacial score (nSPS) is 16.8. The fourth-order valence-electron chi connectivity index (χ4n) is 4.47. The van der Waals surface area contributed by atoms with Crippen LogP contribution in [0.1, 0.15) is 31.4 Å². The van der Waals surface area contributed by atoms with Gasteiger partial charge in [-0.05, 0) is 42.7 Å². The lowest BCUT2D eigenvalue weighted by Crippen LogP contribution is -2.50. The number of fused-ring (bicyclic) bond motifs is 1. The highest BCUT2D eigenvalue weighted by Crippen LogP contribution is 2.30. The van der Waals surface area contributed by atoms with Gasteiger partial charge in [0.05, 0.1) is 23.4 Å². The summed E-state index contributed by atoms with van der Waals surface area (Å²) >= 11 is 6.32. The van der Waals surface area contributed by atoms with Gasteiger partial charge in [-0.2, -0.15) is 0 Å². The first kappa shape index (κ1) is 27.4. The van der Waals surface area contributed by atoms with Crippen molar-refractivity contribution in [1.82, 2.24) is 5.32 Å². The molecule has 0 bridgehead atoms. The number of benzodiazepines with no additional fused rings is 1. The zero-order valence-electron chi connectivity index (χ0n) is 21.7. The molecule has 0 spiro atoms. The second-order valence-corrected chi connectivity index (χ2v) is 10.2. The number of hydrogen-bond acceptors (Lipinski definition) is 5. The van der Waals surface area contributed by atoms with Gasteiger partial charge in [0.2, 0.25) is 12.1 Å². The minimum Gasteiger partial charge on any atom is -0.491 e. The highest BCUT2D eigenvalue weighted by atomic mass is 35.5. The van der Waals surface area contributed by atoms with Crippen LogP contribution in [0.25, 0.3) is 0 Å². The number of benzene rings is 3. The summed E-state index contributed by atoms with van der Waals surface area (Å²) in [5.41, 5.74) is 2.65. The Morgan fingerprint density at radius 2 is 1.74 bits per heavy atom. The van der Waals surface area contributed by atoms with Crippen molar-refractivity contribution < 1.29 is 19.4 Å². The molecule has 0 aromatic heterocycles. The van der Waals surface area contributed by atoms with Crippen LogP contribution >= 0.6 is 11.6 Å². The zero-order valence-corrected chi connectivity index (χ0v) is 22.4. The monoisotopic (exact) mass is 533 g/mol. The van der Waals surface area contributed by atoms with Gasteiger partial charge in [0.25, 0.3) is 5.91 Å². The average molecular weight is 534 g/mol. The van der Waals surface area contributed by atoms with Crippen LogP contribution in [-0.2, 0) is 9.59 Å². The highest BCUT2D eigenvalue weighted by molar-refractivity contribution is 6.32. The molecule has 7 nitrogen and oxygen atoms in total. The average Bonchev–Trinajstić information content (AvgIpc) is 3.01. The maximum absolute atomic E-state index is 13.5. The van der Waals surface area contributed by atoms with Gasteiger partial charge >= 0.3 is 0 Å². The maximum Gasteiger partial charge on any atom is 0.272 e. The van der Waals surface area contributed by atoms with Gasteiger partial charge < -0.3 is 20.1 Å². The molecule has 2 amide bonds. The van der Waals surface area contributed by atoms with E-state index in [1.54, 1.807) is 37.4 Å². The lowest BCUT2D eigenvalue weighted by Gasteiger charge is -2.26. The van der Waals surface area contributed by atoms with Gasteiger partial charge in [-0.1, -0.05) is 74.0 Å². The summed E-state index contributed by atoms with van der Waals surface area (Å²) in [7, 11) is 1.64. The van der Waals surface area contributed by atoms with Crippen molar-refractivity contribution in [2.75, 3.05) is 18.6 Å². The second-order valence-electron chi connectivity index (χ2n) is 9.74. The lowest BCUT2D eigenvalue weighted by atomic mass is 9.91.